The number of alkyl halides is 1. The Kier molecular flexibility index (Phi) is 5.91. The van der Waals surface area contributed by atoms with Crippen LogP contribution in [0, 0.1) is 5.92 Å². The Morgan fingerprint density at radius 3 is 2.48 bits per heavy atom. The van der Waals surface area contributed by atoms with Gasteiger partial charge >= 0.3 is 0 Å². The molecule has 0 bridgehead atoms. The van der Waals surface area contributed by atoms with Gasteiger partial charge in [-0.15, -0.1) is 11.6 Å². The van der Waals surface area contributed by atoms with Gasteiger partial charge in [-0.25, -0.2) is 0 Å². The van der Waals surface area contributed by atoms with Gasteiger partial charge in [-0.2, -0.15) is 17.0 Å². The molecule has 1 fully saturated rings. The molecule has 118 valence electrons. The molecule has 0 radical (unpaired) electrons. The van der Waals surface area contributed by atoms with E-state index in [1.165, 1.54) is 8.61 Å². The van der Waals surface area contributed by atoms with Gasteiger partial charge in [0.2, 0.25) is 0 Å². The normalized spacial score (nSPS) is 18.3. The molecule has 2 rings (SSSR count). The standard InChI is InChI=1S/C14H20Cl2N2O2S/c1-17(11-13-4-2-3-5-14(13)16)21(19,20)18-8-6-12(10-15)7-9-18/h2-5,12H,6-11H2,1H3. The van der Waals surface area contributed by atoms with Gasteiger partial charge in [-0.05, 0) is 30.4 Å². The molecule has 4 nitrogen and oxygen atoms in total. The van der Waals surface area contributed by atoms with Crippen LogP contribution in [0.4, 0.5) is 0 Å². The second-order valence-electron chi connectivity index (χ2n) is 5.35. The predicted octanol–water partition coefficient (Wildman–Crippen LogP) is 2.97. The van der Waals surface area contributed by atoms with Crippen LogP contribution < -0.4 is 0 Å². The van der Waals surface area contributed by atoms with Crippen molar-refractivity contribution in [3.63, 3.8) is 0 Å². The van der Waals surface area contributed by atoms with E-state index in [4.69, 9.17) is 23.2 Å². The number of hydrogen-bond donors (Lipinski definition) is 0. The zero-order valence-corrected chi connectivity index (χ0v) is 14.3. The first-order valence-corrected chi connectivity index (χ1v) is 9.27. The number of nitrogens with zero attached hydrogens (tertiary/aromatic N) is 2. The minimum atomic E-state index is -3.44. The molecule has 1 aliphatic rings. The molecule has 0 unspecified atom stereocenters. The molecule has 0 amide bonds. The van der Waals surface area contributed by atoms with E-state index in [2.05, 4.69) is 0 Å². The highest BCUT2D eigenvalue weighted by Crippen LogP contribution is 2.23. The summed E-state index contributed by atoms with van der Waals surface area (Å²) >= 11 is 11.9. The average Bonchev–Trinajstić information content (AvgIpc) is 2.49. The summed E-state index contributed by atoms with van der Waals surface area (Å²) in [6.07, 6.45) is 1.64. The van der Waals surface area contributed by atoms with Crippen LogP contribution in [0.15, 0.2) is 24.3 Å². The summed E-state index contributed by atoms with van der Waals surface area (Å²) in [4.78, 5) is 0. The van der Waals surface area contributed by atoms with Gasteiger partial charge in [0.15, 0.2) is 0 Å². The van der Waals surface area contributed by atoms with Gasteiger partial charge in [-0.3, -0.25) is 0 Å². The molecule has 1 aromatic carbocycles. The minimum Gasteiger partial charge on any atom is -0.195 e. The zero-order valence-electron chi connectivity index (χ0n) is 12.0. The van der Waals surface area contributed by atoms with Gasteiger partial charge in [0, 0.05) is 37.6 Å². The summed E-state index contributed by atoms with van der Waals surface area (Å²) in [5, 5.41) is 0.584. The third-order valence-electron chi connectivity index (χ3n) is 3.86. The van der Waals surface area contributed by atoms with Crippen LogP contribution in [0.25, 0.3) is 0 Å². The van der Waals surface area contributed by atoms with Crippen molar-refractivity contribution in [1.29, 1.82) is 0 Å². The fourth-order valence-corrected chi connectivity index (χ4v) is 4.31. The molecule has 0 aromatic heterocycles. The van der Waals surface area contributed by atoms with E-state index in [1.54, 1.807) is 13.1 Å². The number of piperidine rings is 1. The van der Waals surface area contributed by atoms with Crippen LogP contribution in [0.5, 0.6) is 0 Å². The first-order valence-electron chi connectivity index (χ1n) is 6.96. The van der Waals surface area contributed by atoms with Crippen molar-refractivity contribution in [2.75, 3.05) is 26.0 Å². The maximum atomic E-state index is 12.6. The molecule has 1 saturated heterocycles. The van der Waals surface area contributed by atoms with Crippen molar-refractivity contribution in [3.05, 3.63) is 34.9 Å². The highest BCUT2D eigenvalue weighted by Gasteiger charge is 2.30. The van der Waals surface area contributed by atoms with Crippen LogP contribution in [-0.4, -0.2) is 43.0 Å². The number of rotatable bonds is 5. The number of hydrogen-bond acceptors (Lipinski definition) is 2. The average molecular weight is 351 g/mol. The van der Waals surface area contributed by atoms with E-state index in [0.717, 1.165) is 18.4 Å². The van der Waals surface area contributed by atoms with Crippen LogP contribution >= 0.6 is 23.2 Å². The molecule has 7 heteroatoms. The summed E-state index contributed by atoms with van der Waals surface area (Å²) in [7, 11) is -1.85. The van der Waals surface area contributed by atoms with E-state index in [0.29, 0.717) is 29.9 Å². The van der Waals surface area contributed by atoms with E-state index < -0.39 is 10.2 Å². The number of halogens is 2. The van der Waals surface area contributed by atoms with Crippen molar-refractivity contribution < 1.29 is 8.42 Å². The molecule has 0 N–H and O–H groups in total. The quantitative estimate of drug-likeness (QED) is 0.766. The fourth-order valence-electron chi connectivity index (χ4n) is 2.44. The van der Waals surface area contributed by atoms with Gasteiger partial charge in [0.1, 0.15) is 0 Å². The highest BCUT2D eigenvalue weighted by atomic mass is 35.5. The summed E-state index contributed by atoms with van der Waals surface area (Å²) in [6.45, 7) is 1.34. The molecule has 1 aliphatic heterocycles. The Balaban J connectivity index is 2.04. The molecular weight excluding hydrogens is 331 g/mol. The Labute approximate surface area is 136 Å². The predicted molar refractivity (Wildman–Crippen MR) is 86.9 cm³/mol. The topological polar surface area (TPSA) is 40.6 Å². The Bertz CT molecular complexity index is 572. The fraction of sp³-hybridized carbons (Fsp3) is 0.571. The lowest BCUT2D eigenvalue weighted by molar-refractivity contribution is 0.271. The highest BCUT2D eigenvalue weighted by molar-refractivity contribution is 7.86. The van der Waals surface area contributed by atoms with E-state index in [9.17, 15) is 8.42 Å². The lowest BCUT2D eigenvalue weighted by Gasteiger charge is -2.33. The molecule has 21 heavy (non-hydrogen) atoms. The van der Waals surface area contributed by atoms with E-state index in [-0.39, 0.29) is 6.54 Å². The SMILES string of the molecule is CN(Cc1ccccc1Cl)S(=O)(=O)N1CCC(CCl)CC1. The van der Waals surface area contributed by atoms with Gasteiger partial charge in [0.25, 0.3) is 10.2 Å². The summed E-state index contributed by atoms with van der Waals surface area (Å²) in [5.41, 5.74) is 0.806. The van der Waals surface area contributed by atoms with E-state index in [1.807, 2.05) is 18.2 Å². The minimum absolute atomic E-state index is 0.275. The Morgan fingerprint density at radius 1 is 1.29 bits per heavy atom. The second-order valence-corrected chi connectivity index (χ2v) is 8.10. The first-order chi connectivity index (χ1) is 9.95. The smallest absolute Gasteiger partial charge is 0.195 e. The van der Waals surface area contributed by atoms with Crippen LogP contribution in [0.1, 0.15) is 18.4 Å². The lowest BCUT2D eigenvalue weighted by Crippen LogP contribution is -2.45. The van der Waals surface area contributed by atoms with E-state index >= 15 is 0 Å². The van der Waals surface area contributed by atoms with Crippen molar-refractivity contribution in [2.24, 2.45) is 5.92 Å². The maximum absolute atomic E-state index is 12.6. The van der Waals surface area contributed by atoms with Crippen molar-refractivity contribution >= 4 is 33.4 Å². The summed E-state index contributed by atoms with van der Waals surface area (Å²) in [6, 6.07) is 7.29. The van der Waals surface area contributed by atoms with Crippen molar-refractivity contribution in [1.82, 2.24) is 8.61 Å². The molecule has 0 saturated carbocycles. The Hall–Kier alpha value is -0.330. The van der Waals surface area contributed by atoms with Crippen LogP contribution in [0.3, 0.4) is 0 Å². The maximum Gasteiger partial charge on any atom is 0.282 e. The molecule has 0 spiro atoms. The molecule has 0 aliphatic carbocycles. The molecular formula is C14H20Cl2N2O2S. The van der Waals surface area contributed by atoms with Crippen molar-refractivity contribution in [3.8, 4) is 0 Å². The Morgan fingerprint density at radius 2 is 1.90 bits per heavy atom. The van der Waals surface area contributed by atoms with Crippen LogP contribution in [-0.2, 0) is 16.8 Å². The molecule has 1 heterocycles. The zero-order chi connectivity index (χ0) is 15.5. The lowest BCUT2D eigenvalue weighted by atomic mass is 10.0. The monoisotopic (exact) mass is 350 g/mol. The van der Waals surface area contributed by atoms with Gasteiger partial charge < -0.3 is 0 Å². The summed E-state index contributed by atoms with van der Waals surface area (Å²) < 4.78 is 28.0. The third kappa shape index (κ3) is 4.11. The van der Waals surface area contributed by atoms with Crippen molar-refractivity contribution in [2.45, 2.75) is 19.4 Å². The second kappa shape index (κ2) is 7.29. The van der Waals surface area contributed by atoms with Crippen LogP contribution in [0.2, 0.25) is 5.02 Å². The third-order valence-corrected chi connectivity index (χ3v) is 6.60. The molecule has 1 aromatic rings. The molecule has 0 atom stereocenters. The van der Waals surface area contributed by atoms with Gasteiger partial charge in [-0.1, -0.05) is 29.8 Å². The van der Waals surface area contributed by atoms with Gasteiger partial charge in [0.05, 0.1) is 0 Å². The number of benzene rings is 1. The summed E-state index contributed by atoms with van der Waals surface area (Å²) in [5.74, 6) is 1.02. The largest absolute Gasteiger partial charge is 0.282 e. The first kappa shape index (κ1) is 17.0.